The van der Waals surface area contributed by atoms with Crippen LogP contribution in [0.15, 0.2) is 30.3 Å². The molecule has 1 atom stereocenters. The number of hydrogen-bond acceptors (Lipinski definition) is 4. The van der Waals surface area contributed by atoms with Crippen LogP contribution in [-0.4, -0.2) is 36.7 Å². The molecule has 6 heteroatoms. The van der Waals surface area contributed by atoms with E-state index in [-0.39, 0.29) is 6.54 Å². The molecule has 0 aliphatic carbocycles. The predicted molar refractivity (Wildman–Crippen MR) is 70.2 cm³/mol. The van der Waals surface area contributed by atoms with Gasteiger partial charge in [0.2, 0.25) is 11.8 Å². The average molecular weight is 264 g/mol. The van der Waals surface area contributed by atoms with Crippen LogP contribution >= 0.6 is 0 Å². The van der Waals surface area contributed by atoms with Crippen LogP contribution in [-0.2, 0) is 9.59 Å². The predicted octanol–water partition coefficient (Wildman–Crippen LogP) is -0.329. The molecule has 0 aromatic heterocycles. The van der Waals surface area contributed by atoms with Gasteiger partial charge in [0.25, 0.3) is 0 Å². The zero-order valence-corrected chi connectivity index (χ0v) is 10.5. The van der Waals surface area contributed by atoms with E-state index >= 15 is 0 Å². The van der Waals surface area contributed by atoms with Gasteiger partial charge >= 0.3 is 0 Å². The van der Waals surface area contributed by atoms with Crippen LogP contribution in [0.1, 0.15) is 5.56 Å². The standard InChI is InChI=1S/C13H16N2O4/c1-19-11-5-3-2-4-9(11)6-7-12(17)15-8-10(16)13(14)18/h2-7,10,16H,8H2,1H3,(H2,14,18)(H,15,17)/b7-6+. The highest BCUT2D eigenvalue weighted by Crippen LogP contribution is 2.18. The van der Waals surface area contributed by atoms with E-state index in [4.69, 9.17) is 15.6 Å². The Morgan fingerprint density at radius 1 is 1.47 bits per heavy atom. The van der Waals surface area contributed by atoms with Gasteiger partial charge in [0.1, 0.15) is 11.9 Å². The number of hydrogen-bond donors (Lipinski definition) is 3. The third-order valence-corrected chi connectivity index (χ3v) is 2.35. The molecule has 0 saturated carbocycles. The van der Waals surface area contributed by atoms with E-state index in [9.17, 15) is 9.59 Å². The Balaban J connectivity index is 2.56. The van der Waals surface area contributed by atoms with Gasteiger partial charge in [0.15, 0.2) is 0 Å². The molecule has 6 nitrogen and oxygen atoms in total. The molecule has 19 heavy (non-hydrogen) atoms. The summed E-state index contributed by atoms with van der Waals surface area (Å²) in [6, 6.07) is 7.20. The van der Waals surface area contributed by atoms with Crippen molar-refractivity contribution in [3.63, 3.8) is 0 Å². The first kappa shape index (κ1) is 14.7. The first-order chi connectivity index (χ1) is 9.04. The lowest BCUT2D eigenvalue weighted by atomic mass is 10.2. The fourth-order valence-electron chi connectivity index (χ4n) is 1.33. The topological polar surface area (TPSA) is 102 Å². The lowest BCUT2D eigenvalue weighted by Gasteiger charge is -2.06. The Bertz CT molecular complexity index is 485. The van der Waals surface area contributed by atoms with Crippen LogP contribution in [0.25, 0.3) is 6.08 Å². The summed E-state index contributed by atoms with van der Waals surface area (Å²) in [5.74, 6) is -0.677. The molecule has 0 bridgehead atoms. The SMILES string of the molecule is COc1ccccc1/C=C/C(=O)NCC(O)C(N)=O. The Kier molecular flexibility index (Phi) is 5.56. The van der Waals surface area contributed by atoms with Crippen LogP contribution in [0, 0.1) is 0 Å². The fourth-order valence-corrected chi connectivity index (χ4v) is 1.33. The Labute approximate surface area is 110 Å². The van der Waals surface area contributed by atoms with Crippen molar-refractivity contribution in [2.24, 2.45) is 5.73 Å². The molecule has 4 N–H and O–H groups in total. The molecule has 0 aliphatic heterocycles. The minimum absolute atomic E-state index is 0.218. The van der Waals surface area contributed by atoms with Crippen molar-refractivity contribution in [1.82, 2.24) is 5.32 Å². The molecule has 0 heterocycles. The van der Waals surface area contributed by atoms with Gasteiger partial charge in [-0.25, -0.2) is 0 Å². The first-order valence-corrected chi connectivity index (χ1v) is 5.61. The van der Waals surface area contributed by atoms with Gasteiger partial charge < -0.3 is 20.9 Å². The molecular weight excluding hydrogens is 248 g/mol. The Morgan fingerprint density at radius 3 is 2.79 bits per heavy atom. The van der Waals surface area contributed by atoms with E-state index in [1.54, 1.807) is 18.2 Å². The summed E-state index contributed by atoms with van der Waals surface area (Å²) in [6.07, 6.45) is 1.47. The number of amides is 2. The molecule has 0 radical (unpaired) electrons. The molecule has 0 aliphatic rings. The maximum absolute atomic E-state index is 11.4. The van der Waals surface area contributed by atoms with Crippen LogP contribution in [0.4, 0.5) is 0 Å². The van der Waals surface area contributed by atoms with Gasteiger partial charge in [-0.05, 0) is 12.1 Å². The Hall–Kier alpha value is -2.34. The summed E-state index contributed by atoms with van der Waals surface area (Å²) < 4.78 is 5.12. The molecule has 1 unspecified atom stereocenters. The number of carbonyl (C=O) groups is 2. The van der Waals surface area contributed by atoms with Crippen LogP contribution < -0.4 is 15.8 Å². The van der Waals surface area contributed by atoms with Crippen LogP contribution in [0.3, 0.4) is 0 Å². The first-order valence-electron chi connectivity index (χ1n) is 5.61. The number of aliphatic hydroxyl groups is 1. The van der Waals surface area contributed by atoms with E-state index in [0.717, 1.165) is 5.56 Å². The summed E-state index contributed by atoms with van der Waals surface area (Å²) in [7, 11) is 1.54. The van der Waals surface area contributed by atoms with E-state index in [1.165, 1.54) is 13.2 Å². The third kappa shape index (κ3) is 4.81. The number of benzene rings is 1. The van der Waals surface area contributed by atoms with Gasteiger partial charge in [0, 0.05) is 11.6 Å². The van der Waals surface area contributed by atoms with Gasteiger partial charge in [-0.15, -0.1) is 0 Å². The van der Waals surface area contributed by atoms with Crippen molar-refractivity contribution in [3.05, 3.63) is 35.9 Å². The number of nitrogens with two attached hydrogens (primary N) is 1. The second-order valence-corrected chi connectivity index (χ2v) is 3.74. The van der Waals surface area contributed by atoms with Crippen molar-refractivity contribution >= 4 is 17.9 Å². The van der Waals surface area contributed by atoms with Crippen molar-refractivity contribution < 1.29 is 19.4 Å². The maximum Gasteiger partial charge on any atom is 0.248 e. The van der Waals surface area contributed by atoms with Crippen molar-refractivity contribution in [3.8, 4) is 5.75 Å². The minimum Gasteiger partial charge on any atom is -0.496 e. The number of nitrogens with one attached hydrogen (secondary N) is 1. The van der Waals surface area contributed by atoms with Gasteiger partial charge in [-0.1, -0.05) is 18.2 Å². The average Bonchev–Trinajstić information content (AvgIpc) is 2.42. The van der Waals surface area contributed by atoms with Crippen molar-refractivity contribution in [2.75, 3.05) is 13.7 Å². The fraction of sp³-hybridized carbons (Fsp3) is 0.231. The molecular formula is C13H16N2O4. The van der Waals surface area contributed by atoms with Crippen molar-refractivity contribution in [1.29, 1.82) is 0 Å². The summed E-state index contributed by atoms with van der Waals surface area (Å²) >= 11 is 0. The molecule has 1 rings (SSSR count). The molecule has 0 spiro atoms. The summed E-state index contributed by atoms with van der Waals surface area (Å²) in [6.45, 7) is -0.218. The van der Waals surface area contributed by atoms with E-state index < -0.39 is 17.9 Å². The highest BCUT2D eigenvalue weighted by Gasteiger charge is 2.10. The third-order valence-electron chi connectivity index (χ3n) is 2.35. The minimum atomic E-state index is -1.39. The monoisotopic (exact) mass is 264 g/mol. The second-order valence-electron chi connectivity index (χ2n) is 3.74. The molecule has 2 amide bonds. The number of ether oxygens (including phenoxy) is 1. The van der Waals surface area contributed by atoms with Gasteiger partial charge in [0.05, 0.1) is 13.7 Å². The number of aliphatic hydroxyl groups excluding tert-OH is 1. The maximum atomic E-state index is 11.4. The number of primary amides is 1. The van der Waals surface area contributed by atoms with E-state index in [0.29, 0.717) is 5.75 Å². The van der Waals surface area contributed by atoms with E-state index in [1.807, 2.05) is 12.1 Å². The number of rotatable bonds is 6. The number of para-hydroxylation sites is 1. The summed E-state index contributed by atoms with van der Waals surface area (Å²) in [5, 5.41) is 11.5. The smallest absolute Gasteiger partial charge is 0.248 e. The normalized spacial score (nSPS) is 12.1. The highest BCUT2D eigenvalue weighted by molar-refractivity contribution is 5.92. The quantitative estimate of drug-likeness (QED) is 0.612. The van der Waals surface area contributed by atoms with E-state index in [2.05, 4.69) is 5.32 Å². The molecule has 102 valence electrons. The highest BCUT2D eigenvalue weighted by atomic mass is 16.5. The van der Waals surface area contributed by atoms with Crippen LogP contribution in [0.2, 0.25) is 0 Å². The lowest BCUT2D eigenvalue weighted by Crippen LogP contribution is -2.39. The molecule has 0 saturated heterocycles. The van der Waals surface area contributed by atoms with Crippen LogP contribution in [0.5, 0.6) is 5.75 Å². The van der Waals surface area contributed by atoms with Crippen molar-refractivity contribution in [2.45, 2.75) is 6.10 Å². The largest absolute Gasteiger partial charge is 0.496 e. The zero-order chi connectivity index (χ0) is 14.3. The number of methoxy groups -OCH3 is 1. The molecule has 1 aromatic carbocycles. The van der Waals surface area contributed by atoms with Gasteiger partial charge in [-0.2, -0.15) is 0 Å². The molecule has 0 fully saturated rings. The lowest BCUT2D eigenvalue weighted by molar-refractivity contribution is -0.126. The summed E-state index contributed by atoms with van der Waals surface area (Å²) in [4.78, 5) is 22.0. The second kappa shape index (κ2) is 7.17. The number of carbonyl (C=O) groups excluding carboxylic acids is 2. The van der Waals surface area contributed by atoms with Gasteiger partial charge in [-0.3, -0.25) is 9.59 Å². The summed E-state index contributed by atoms with van der Waals surface area (Å²) in [5.41, 5.74) is 5.60. The zero-order valence-electron chi connectivity index (χ0n) is 10.5. The molecule has 1 aromatic rings. The Morgan fingerprint density at radius 2 is 2.16 bits per heavy atom.